The molecular weight excluding hydrogens is 435 g/mol. The van der Waals surface area contributed by atoms with Gasteiger partial charge < -0.3 is 9.32 Å². The van der Waals surface area contributed by atoms with Gasteiger partial charge in [-0.05, 0) is 37.1 Å². The zero-order valence-electron chi connectivity index (χ0n) is 16.7. The van der Waals surface area contributed by atoms with E-state index < -0.39 is 42.5 Å². The lowest BCUT2D eigenvalue weighted by atomic mass is 9.81. The van der Waals surface area contributed by atoms with Gasteiger partial charge in [-0.1, -0.05) is 12.1 Å². The van der Waals surface area contributed by atoms with Gasteiger partial charge in [0.1, 0.15) is 5.82 Å². The Morgan fingerprint density at radius 1 is 1.16 bits per heavy atom. The molecule has 3 heterocycles. The molecule has 0 N–H and O–H groups in total. The van der Waals surface area contributed by atoms with Gasteiger partial charge >= 0.3 is 6.43 Å². The van der Waals surface area contributed by atoms with Crippen LogP contribution in [0, 0.1) is 5.82 Å². The Kier molecular flexibility index (Phi) is 5.66. The normalized spacial score (nSPS) is 18.5. The van der Waals surface area contributed by atoms with Gasteiger partial charge in [-0.2, -0.15) is 8.78 Å². The number of pyridine rings is 1. The first-order valence-corrected chi connectivity index (χ1v) is 9.62. The number of fused-ring (bicyclic) bond motifs is 1. The van der Waals surface area contributed by atoms with Crippen molar-refractivity contribution in [2.45, 2.75) is 38.2 Å². The fourth-order valence-electron chi connectivity index (χ4n) is 3.86. The Morgan fingerprint density at radius 3 is 2.50 bits per heavy atom. The quantitative estimate of drug-likeness (QED) is 0.516. The van der Waals surface area contributed by atoms with Crippen molar-refractivity contribution in [3.8, 4) is 11.5 Å². The van der Waals surface area contributed by atoms with Crippen molar-refractivity contribution < 1.29 is 31.2 Å². The molecule has 32 heavy (non-hydrogen) atoms. The van der Waals surface area contributed by atoms with Gasteiger partial charge in [0.05, 0.1) is 28.9 Å². The third kappa shape index (κ3) is 4.19. The number of rotatable bonds is 6. The fraction of sp³-hybridized carbons (Fsp3) is 0.333. The van der Waals surface area contributed by atoms with Crippen LogP contribution in [0.25, 0.3) is 11.5 Å². The number of hydrogen-bond donors (Lipinski definition) is 0. The highest BCUT2D eigenvalue weighted by atomic mass is 19.3. The predicted octanol–water partition coefficient (Wildman–Crippen LogP) is 4.47. The molecule has 1 aromatic carbocycles. The van der Waals surface area contributed by atoms with Crippen molar-refractivity contribution >= 4 is 5.91 Å². The molecule has 0 radical (unpaired) electrons. The van der Waals surface area contributed by atoms with Crippen LogP contribution in [0.15, 0.2) is 40.9 Å². The summed E-state index contributed by atoms with van der Waals surface area (Å²) in [6.07, 6.45) is -4.08. The van der Waals surface area contributed by atoms with Crippen molar-refractivity contribution in [3.63, 3.8) is 0 Å². The van der Waals surface area contributed by atoms with Crippen LogP contribution in [0.4, 0.5) is 22.0 Å². The lowest BCUT2D eigenvalue weighted by molar-refractivity contribution is 0.0166. The van der Waals surface area contributed by atoms with E-state index in [1.54, 1.807) is 6.92 Å². The molecular formula is C21H17F5N4O2. The summed E-state index contributed by atoms with van der Waals surface area (Å²) in [4.78, 5) is 18.5. The molecule has 3 aromatic rings. The molecule has 2 aromatic heterocycles. The number of benzene rings is 1. The molecule has 1 aliphatic rings. The van der Waals surface area contributed by atoms with E-state index in [0.29, 0.717) is 11.3 Å². The number of halogens is 5. The number of aromatic nitrogens is 3. The van der Waals surface area contributed by atoms with E-state index in [2.05, 4.69) is 15.2 Å². The molecule has 4 rings (SSSR count). The topological polar surface area (TPSA) is 72.1 Å². The lowest BCUT2D eigenvalue weighted by Gasteiger charge is -2.45. The Hall–Kier alpha value is -3.37. The average Bonchev–Trinajstić information content (AvgIpc) is 3.23. The predicted molar refractivity (Wildman–Crippen MR) is 102 cm³/mol. The van der Waals surface area contributed by atoms with Crippen LogP contribution in [0.1, 0.15) is 40.9 Å². The Labute approximate surface area is 179 Å². The van der Waals surface area contributed by atoms with Gasteiger partial charge in [-0.25, -0.2) is 13.2 Å². The van der Waals surface area contributed by atoms with Crippen molar-refractivity contribution in [1.29, 1.82) is 0 Å². The Bertz CT molecular complexity index is 1140. The van der Waals surface area contributed by atoms with Crippen LogP contribution in [-0.4, -0.2) is 44.5 Å². The summed E-state index contributed by atoms with van der Waals surface area (Å²) in [7, 11) is 0. The monoisotopic (exact) mass is 452 g/mol. The first-order chi connectivity index (χ1) is 15.2. The van der Waals surface area contributed by atoms with E-state index in [9.17, 15) is 26.7 Å². The molecule has 0 spiro atoms. The first-order valence-electron chi connectivity index (χ1n) is 9.62. The number of hydrogen-bond acceptors (Lipinski definition) is 5. The fourth-order valence-corrected chi connectivity index (χ4v) is 3.86. The summed E-state index contributed by atoms with van der Waals surface area (Å²) in [6.45, 7) is 0.859. The molecule has 1 unspecified atom stereocenters. The SMILES string of the molecule is CC1(Cc2ccc(F)cc2)Cc2ncc(-c3nnc(C(F)F)o3)cc2C(=O)N1CC(F)F. The number of nitrogens with zero attached hydrogens (tertiary/aromatic N) is 4. The second-order valence-corrected chi connectivity index (χ2v) is 7.75. The number of carbonyl (C=O) groups is 1. The number of carbonyl (C=O) groups excluding carboxylic acids is 1. The third-order valence-electron chi connectivity index (χ3n) is 5.34. The summed E-state index contributed by atoms with van der Waals surface area (Å²) in [5, 5.41) is 6.77. The van der Waals surface area contributed by atoms with Crippen molar-refractivity contribution in [3.05, 3.63) is 65.1 Å². The maximum Gasteiger partial charge on any atom is 0.314 e. The molecule has 0 bridgehead atoms. The van der Waals surface area contributed by atoms with Gasteiger partial charge in [0, 0.05) is 12.6 Å². The highest BCUT2D eigenvalue weighted by molar-refractivity contribution is 5.98. The molecule has 168 valence electrons. The number of amides is 1. The van der Waals surface area contributed by atoms with Crippen molar-refractivity contribution in [2.24, 2.45) is 0 Å². The Balaban J connectivity index is 1.71. The molecule has 1 aliphatic heterocycles. The largest absolute Gasteiger partial charge is 0.415 e. The maximum absolute atomic E-state index is 13.4. The smallest absolute Gasteiger partial charge is 0.314 e. The highest BCUT2D eigenvalue weighted by Crippen LogP contribution is 2.35. The van der Waals surface area contributed by atoms with Crippen LogP contribution in [0.2, 0.25) is 0 Å². The molecule has 1 amide bonds. The molecule has 1 atom stereocenters. The van der Waals surface area contributed by atoms with E-state index in [4.69, 9.17) is 4.42 Å². The van der Waals surface area contributed by atoms with Crippen molar-refractivity contribution in [2.75, 3.05) is 6.54 Å². The second-order valence-electron chi connectivity index (χ2n) is 7.75. The van der Waals surface area contributed by atoms with E-state index in [-0.39, 0.29) is 29.9 Å². The second kappa shape index (κ2) is 8.29. The standard InChI is InChI=1S/C21H17F5N4O2/c1-21(7-11-2-4-13(22)5-3-11)8-15-14(20(31)30(21)10-16(23)24)6-12(9-27-15)18-28-29-19(32-18)17(25)26/h2-6,9,16-17H,7-8,10H2,1H3. The lowest BCUT2D eigenvalue weighted by Crippen LogP contribution is -2.57. The summed E-state index contributed by atoms with van der Waals surface area (Å²) in [6, 6.07) is 6.92. The van der Waals surface area contributed by atoms with Crippen LogP contribution < -0.4 is 0 Å². The minimum absolute atomic E-state index is 0.0523. The van der Waals surface area contributed by atoms with Gasteiger partial charge in [-0.3, -0.25) is 9.78 Å². The number of alkyl halides is 4. The molecule has 11 heteroatoms. The summed E-state index contributed by atoms with van der Waals surface area (Å²) >= 11 is 0. The Morgan fingerprint density at radius 2 is 1.88 bits per heavy atom. The van der Waals surface area contributed by atoms with Crippen LogP contribution in [-0.2, 0) is 12.8 Å². The average molecular weight is 452 g/mol. The van der Waals surface area contributed by atoms with Crippen LogP contribution in [0.5, 0.6) is 0 Å². The highest BCUT2D eigenvalue weighted by Gasteiger charge is 2.43. The van der Waals surface area contributed by atoms with E-state index in [1.165, 1.54) is 36.5 Å². The third-order valence-corrected chi connectivity index (χ3v) is 5.34. The molecule has 6 nitrogen and oxygen atoms in total. The van der Waals surface area contributed by atoms with E-state index >= 15 is 0 Å². The molecule has 0 fully saturated rings. The minimum Gasteiger partial charge on any atom is -0.415 e. The summed E-state index contributed by atoms with van der Waals surface area (Å²) in [5.74, 6) is -2.25. The summed E-state index contributed by atoms with van der Waals surface area (Å²) in [5.41, 5.74) is 0.168. The van der Waals surface area contributed by atoms with Gasteiger partial charge in [0.25, 0.3) is 18.2 Å². The molecule has 0 saturated carbocycles. The van der Waals surface area contributed by atoms with Gasteiger partial charge in [-0.15, -0.1) is 10.2 Å². The summed E-state index contributed by atoms with van der Waals surface area (Å²) < 4.78 is 70.3. The van der Waals surface area contributed by atoms with Gasteiger partial charge in [0.15, 0.2) is 0 Å². The minimum atomic E-state index is -2.96. The van der Waals surface area contributed by atoms with Crippen LogP contribution in [0.3, 0.4) is 0 Å². The first kappa shape index (κ1) is 21.8. The zero-order chi connectivity index (χ0) is 23.0. The maximum atomic E-state index is 13.4. The van der Waals surface area contributed by atoms with E-state index in [0.717, 1.165) is 4.90 Å². The molecule has 0 aliphatic carbocycles. The zero-order valence-corrected chi connectivity index (χ0v) is 16.7. The van der Waals surface area contributed by atoms with Crippen LogP contribution >= 0.6 is 0 Å². The van der Waals surface area contributed by atoms with Gasteiger partial charge in [0.2, 0.25) is 5.89 Å². The van der Waals surface area contributed by atoms with E-state index in [1.807, 2.05) is 0 Å². The molecule has 0 saturated heterocycles. The van der Waals surface area contributed by atoms with Crippen molar-refractivity contribution in [1.82, 2.24) is 20.1 Å².